The molecule has 0 saturated carbocycles. The summed E-state index contributed by atoms with van der Waals surface area (Å²) in [5.41, 5.74) is 2.58. The van der Waals surface area contributed by atoms with Gasteiger partial charge in [0, 0.05) is 34.6 Å². The maximum atomic E-state index is 12.9. The number of rotatable bonds is 5. The van der Waals surface area contributed by atoms with Crippen molar-refractivity contribution in [3.8, 4) is 11.5 Å². The van der Waals surface area contributed by atoms with Gasteiger partial charge in [-0.05, 0) is 17.5 Å². The topological polar surface area (TPSA) is 73.0 Å². The van der Waals surface area contributed by atoms with Crippen molar-refractivity contribution in [3.05, 3.63) is 78.8 Å². The molecule has 0 aliphatic heterocycles. The number of carbonyl (C=O) groups excluding carboxylic acids is 1. The van der Waals surface area contributed by atoms with Gasteiger partial charge in [-0.25, -0.2) is 0 Å². The predicted octanol–water partition coefficient (Wildman–Crippen LogP) is 5.05. The first-order valence-electron chi connectivity index (χ1n) is 9.91. The Morgan fingerprint density at radius 3 is 2.57 bits per heavy atom. The number of carbonyl (C=O) groups is 1. The van der Waals surface area contributed by atoms with Crippen LogP contribution >= 0.6 is 0 Å². The van der Waals surface area contributed by atoms with Crippen molar-refractivity contribution < 1.29 is 9.21 Å². The molecule has 0 atom stereocenters. The lowest BCUT2D eigenvalue weighted by Gasteiger charge is -2.10. The van der Waals surface area contributed by atoms with Gasteiger partial charge in [-0.15, -0.1) is 10.2 Å². The minimum Gasteiger partial charge on any atom is -0.421 e. The van der Waals surface area contributed by atoms with E-state index in [2.05, 4.69) is 15.5 Å². The highest BCUT2D eigenvalue weighted by molar-refractivity contribution is 6.02. The van der Waals surface area contributed by atoms with Crippen molar-refractivity contribution in [2.24, 2.45) is 0 Å². The van der Waals surface area contributed by atoms with Crippen LogP contribution in [0.2, 0.25) is 0 Å². The Bertz CT molecular complexity index is 1360. The fraction of sp³-hybridized carbons (Fsp3) is 0.125. The van der Waals surface area contributed by atoms with Crippen LogP contribution in [0, 0.1) is 0 Å². The lowest BCUT2D eigenvalue weighted by Crippen LogP contribution is -2.18. The molecule has 5 aromatic rings. The van der Waals surface area contributed by atoms with Crippen molar-refractivity contribution in [1.29, 1.82) is 0 Å². The van der Waals surface area contributed by atoms with Crippen LogP contribution in [0.15, 0.2) is 77.3 Å². The highest BCUT2D eigenvalue weighted by Crippen LogP contribution is 2.30. The van der Waals surface area contributed by atoms with Crippen LogP contribution in [-0.2, 0) is 17.8 Å². The quantitative estimate of drug-likeness (QED) is 0.451. The second-order valence-electron chi connectivity index (χ2n) is 7.12. The van der Waals surface area contributed by atoms with Gasteiger partial charge in [-0.3, -0.25) is 4.79 Å². The molecule has 1 N–H and O–H groups in total. The van der Waals surface area contributed by atoms with Crippen molar-refractivity contribution in [2.75, 3.05) is 5.32 Å². The molecule has 6 nitrogen and oxygen atoms in total. The molecule has 2 heterocycles. The van der Waals surface area contributed by atoms with Gasteiger partial charge >= 0.3 is 0 Å². The zero-order valence-corrected chi connectivity index (χ0v) is 16.5. The van der Waals surface area contributed by atoms with E-state index < -0.39 is 0 Å². The van der Waals surface area contributed by atoms with Crippen LogP contribution < -0.4 is 5.32 Å². The van der Waals surface area contributed by atoms with Crippen LogP contribution in [0.25, 0.3) is 33.1 Å². The third-order valence-electron chi connectivity index (χ3n) is 5.17. The van der Waals surface area contributed by atoms with Crippen LogP contribution in [0.1, 0.15) is 12.8 Å². The standard InChI is InChI=1S/C24H20N4O2/c1-2-23-26-27-24(30-23)19-14-28(21-13-6-5-11-18(19)21)15-22(29)25-20-12-7-9-16-8-3-4-10-17(16)20/h3-14H,2,15H2,1H3,(H,25,29). The van der Waals surface area contributed by atoms with E-state index in [1.54, 1.807) is 0 Å². The maximum Gasteiger partial charge on any atom is 0.249 e. The summed E-state index contributed by atoms with van der Waals surface area (Å²) in [6.07, 6.45) is 2.58. The normalized spacial score (nSPS) is 11.2. The minimum atomic E-state index is -0.0987. The molecule has 0 saturated heterocycles. The largest absolute Gasteiger partial charge is 0.421 e. The van der Waals surface area contributed by atoms with Gasteiger partial charge in [0.15, 0.2) is 0 Å². The molecule has 30 heavy (non-hydrogen) atoms. The van der Waals surface area contributed by atoms with Crippen LogP contribution in [0.4, 0.5) is 5.69 Å². The van der Waals surface area contributed by atoms with Gasteiger partial charge in [0.05, 0.1) is 5.56 Å². The summed E-state index contributed by atoms with van der Waals surface area (Å²) >= 11 is 0. The number of para-hydroxylation sites is 1. The second-order valence-corrected chi connectivity index (χ2v) is 7.12. The number of benzene rings is 3. The number of nitrogens with zero attached hydrogens (tertiary/aromatic N) is 3. The van der Waals surface area contributed by atoms with Crippen LogP contribution in [0.5, 0.6) is 0 Å². The molecule has 1 amide bonds. The van der Waals surface area contributed by atoms with Crippen molar-refractivity contribution in [2.45, 2.75) is 19.9 Å². The van der Waals surface area contributed by atoms with Crippen molar-refractivity contribution in [1.82, 2.24) is 14.8 Å². The molecule has 0 radical (unpaired) electrons. The van der Waals surface area contributed by atoms with E-state index in [-0.39, 0.29) is 12.5 Å². The lowest BCUT2D eigenvalue weighted by molar-refractivity contribution is -0.116. The number of aryl methyl sites for hydroxylation is 1. The first-order chi connectivity index (χ1) is 14.7. The molecular formula is C24H20N4O2. The molecule has 3 aromatic carbocycles. The summed E-state index contributed by atoms with van der Waals surface area (Å²) in [5, 5.41) is 14.4. The SMILES string of the molecule is CCc1nnc(-c2cn(CC(=O)Nc3cccc4ccccc34)c3ccccc23)o1. The maximum absolute atomic E-state index is 12.9. The number of amides is 1. The molecule has 0 aliphatic carbocycles. The summed E-state index contributed by atoms with van der Waals surface area (Å²) in [6, 6.07) is 21.8. The van der Waals surface area contributed by atoms with E-state index in [0.29, 0.717) is 18.2 Å². The molecule has 0 unspecified atom stereocenters. The molecule has 0 aliphatic rings. The average molecular weight is 396 g/mol. The first-order valence-corrected chi connectivity index (χ1v) is 9.91. The molecule has 0 bridgehead atoms. The molecular weight excluding hydrogens is 376 g/mol. The lowest BCUT2D eigenvalue weighted by atomic mass is 10.1. The summed E-state index contributed by atoms with van der Waals surface area (Å²) in [4.78, 5) is 12.9. The van der Waals surface area contributed by atoms with E-state index in [0.717, 1.165) is 32.9 Å². The van der Waals surface area contributed by atoms with E-state index in [1.807, 2.05) is 84.4 Å². The fourth-order valence-electron chi connectivity index (χ4n) is 3.73. The highest BCUT2D eigenvalue weighted by atomic mass is 16.4. The highest BCUT2D eigenvalue weighted by Gasteiger charge is 2.17. The number of hydrogen-bond donors (Lipinski definition) is 1. The van der Waals surface area contributed by atoms with E-state index >= 15 is 0 Å². The number of fused-ring (bicyclic) bond motifs is 2. The van der Waals surface area contributed by atoms with Gasteiger partial charge < -0.3 is 14.3 Å². The van der Waals surface area contributed by atoms with Gasteiger partial charge in [0.1, 0.15) is 6.54 Å². The van der Waals surface area contributed by atoms with E-state index in [4.69, 9.17) is 4.42 Å². The number of hydrogen-bond acceptors (Lipinski definition) is 4. The Hall–Kier alpha value is -3.93. The van der Waals surface area contributed by atoms with Gasteiger partial charge in [0.2, 0.25) is 17.7 Å². The van der Waals surface area contributed by atoms with Crippen LogP contribution in [-0.4, -0.2) is 20.7 Å². The molecule has 5 rings (SSSR count). The average Bonchev–Trinajstić information content (AvgIpc) is 3.39. The van der Waals surface area contributed by atoms with Gasteiger partial charge in [0.25, 0.3) is 0 Å². The Kier molecular flexibility index (Phi) is 4.52. The molecule has 148 valence electrons. The molecule has 6 heteroatoms. The number of nitrogens with one attached hydrogen (secondary N) is 1. The zero-order valence-electron chi connectivity index (χ0n) is 16.5. The third-order valence-corrected chi connectivity index (χ3v) is 5.17. The summed E-state index contributed by atoms with van der Waals surface area (Å²) < 4.78 is 7.67. The molecule has 0 spiro atoms. The van der Waals surface area contributed by atoms with E-state index in [1.165, 1.54) is 0 Å². The Balaban J connectivity index is 1.47. The number of aromatic nitrogens is 3. The smallest absolute Gasteiger partial charge is 0.249 e. The second kappa shape index (κ2) is 7.48. The van der Waals surface area contributed by atoms with Crippen LogP contribution in [0.3, 0.4) is 0 Å². The predicted molar refractivity (Wildman–Crippen MR) is 117 cm³/mol. The molecule has 0 fully saturated rings. The Labute approximate surface area is 173 Å². The molecule has 2 aromatic heterocycles. The first kappa shape index (κ1) is 18.1. The van der Waals surface area contributed by atoms with Crippen molar-refractivity contribution >= 4 is 33.3 Å². The number of anilines is 1. The fourth-order valence-corrected chi connectivity index (χ4v) is 3.73. The summed E-state index contributed by atoms with van der Waals surface area (Å²) in [5.74, 6) is 0.963. The third kappa shape index (κ3) is 3.22. The zero-order chi connectivity index (χ0) is 20.5. The van der Waals surface area contributed by atoms with Gasteiger partial charge in [-0.1, -0.05) is 61.5 Å². The Morgan fingerprint density at radius 2 is 1.73 bits per heavy atom. The minimum absolute atomic E-state index is 0.0987. The Morgan fingerprint density at radius 1 is 0.967 bits per heavy atom. The van der Waals surface area contributed by atoms with Gasteiger partial charge in [-0.2, -0.15) is 0 Å². The van der Waals surface area contributed by atoms with E-state index in [9.17, 15) is 4.79 Å². The summed E-state index contributed by atoms with van der Waals surface area (Å²) in [7, 11) is 0. The monoisotopic (exact) mass is 396 g/mol. The van der Waals surface area contributed by atoms with Crippen molar-refractivity contribution in [3.63, 3.8) is 0 Å². The summed E-state index contributed by atoms with van der Waals surface area (Å²) in [6.45, 7) is 2.15.